The second-order valence-corrected chi connectivity index (χ2v) is 19.3. The van der Waals surface area contributed by atoms with E-state index in [2.05, 4.69) is 70.3 Å². The highest BCUT2D eigenvalue weighted by Crippen LogP contribution is 2.46. The van der Waals surface area contributed by atoms with Gasteiger partial charge in [-0.25, -0.2) is 15.0 Å². The van der Waals surface area contributed by atoms with Gasteiger partial charge in [-0.2, -0.15) is 0 Å². The fraction of sp³-hybridized carbons (Fsp3) is 0.696. The van der Waals surface area contributed by atoms with Crippen LogP contribution in [0.25, 0.3) is 11.2 Å². The van der Waals surface area contributed by atoms with Crippen LogP contribution in [0.3, 0.4) is 0 Å². The van der Waals surface area contributed by atoms with Gasteiger partial charge in [-0.1, -0.05) is 55.4 Å². The molecule has 0 aromatic carbocycles. The second-order valence-electron chi connectivity index (χ2n) is 10.5. The van der Waals surface area contributed by atoms with Gasteiger partial charge in [0.25, 0.3) is 0 Å². The summed E-state index contributed by atoms with van der Waals surface area (Å²) in [6.45, 7) is 16.8. The monoisotopic (exact) mass is 537 g/mol. The molecule has 0 saturated carbocycles. The van der Waals surface area contributed by atoms with E-state index < -0.39 is 35.6 Å². The Labute approximate surface area is 214 Å². The first kappa shape index (κ1) is 28.5. The van der Waals surface area contributed by atoms with Gasteiger partial charge in [0.15, 0.2) is 24.0 Å². The summed E-state index contributed by atoms with van der Waals surface area (Å²) in [4.78, 5) is 37.0. The summed E-state index contributed by atoms with van der Waals surface area (Å²) < 4.78 is 28.1. The molecule has 1 aliphatic rings. The molecule has 0 spiro atoms. The molecule has 0 amide bonds. The smallest absolute Gasteiger partial charge is 0.335 e. The lowest BCUT2D eigenvalue weighted by molar-refractivity contribution is -0.151. The quantitative estimate of drug-likeness (QED) is 0.372. The summed E-state index contributed by atoms with van der Waals surface area (Å²) in [6.07, 6.45) is 1.09. The number of aldehydes is 2. The van der Waals surface area contributed by atoms with Crippen molar-refractivity contribution in [1.29, 1.82) is 0 Å². The Morgan fingerprint density at radius 1 is 1.00 bits per heavy atom. The summed E-state index contributed by atoms with van der Waals surface area (Å²) >= 11 is 0. The SMILES string of the molecule is CC(C)[Si]1(C(C)C)OC[C@@H](O[C@H](C=O)n2cnc3c(N)ncnc32)[C@@H](C=O)O[Si](C(C)C)(C(C)C)O1. The van der Waals surface area contributed by atoms with E-state index in [-0.39, 0.29) is 34.6 Å². The van der Waals surface area contributed by atoms with Gasteiger partial charge in [-0.15, -0.1) is 0 Å². The molecule has 3 atom stereocenters. The molecule has 3 heterocycles. The van der Waals surface area contributed by atoms with E-state index in [1.165, 1.54) is 17.2 Å². The number of rotatable bonds is 9. The third kappa shape index (κ3) is 5.04. The number of anilines is 1. The Kier molecular flexibility index (Phi) is 8.84. The number of fused-ring (bicyclic) bond motifs is 1. The minimum Gasteiger partial charge on any atom is -0.414 e. The van der Waals surface area contributed by atoms with Crippen LogP contribution >= 0.6 is 0 Å². The van der Waals surface area contributed by atoms with Crippen molar-refractivity contribution in [3.63, 3.8) is 0 Å². The van der Waals surface area contributed by atoms with E-state index in [0.717, 1.165) is 6.29 Å². The number of nitrogens with two attached hydrogens (primary N) is 1. The summed E-state index contributed by atoms with van der Waals surface area (Å²) in [6, 6.07) is 0. The number of nitrogens with zero attached hydrogens (tertiary/aromatic N) is 4. The predicted molar refractivity (Wildman–Crippen MR) is 140 cm³/mol. The molecular weight excluding hydrogens is 498 g/mol. The van der Waals surface area contributed by atoms with Crippen LogP contribution in [0.2, 0.25) is 22.2 Å². The highest BCUT2D eigenvalue weighted by atomic mass is 28.5. The number of carbonyl (C=O) groups is 2. The molecule has 2 aromatic heterocycles. The molecule has 3 rings (SSSR count). The number of aromatic nitrogens is 4. The van der Waals surface area contributed by atoms with E-state index in [1.54, 1.807) is 0 Å². The first-order chi connectivity index (χ1) is 16.9. The van der Waals surface area contributed by atoms with Crippen molar-refractivity contribution >= 4 is 46.7 Å². The van der Waals surface area contributed by atoms with Crippen LogP contribution in [0.15, 0.2) is 12.7 Å². The Balaban J connectivity index is 2.06. The molecule has 0 unspecified atom stereocenters. The average molecular weight is 538 g/mol. The summed E-state index contributed by atoms with van der Waals surface area (Å²) in [5.41, 5.74) is 6.95. The van der Waals surface area contributed by atoms with Crippen molar-refractivity contribution in [2.24, 2.45) is 0 Å². The maximum Gasteiger partial charge on any atom is 0.335 e. The van der Waals surface area contributed by atoms with Crippen LogP contribution in [-0.2, 0) is 27.3 Å². The molecule has 200 valence electrons. The van der Waals surface area contributed by atoms with E-state index >= 15 is 0 Å². The zero-order valence-corrected chi connectivity index (χ0v) is 24.4. The minimum absolute atomic E-state index is 0.0424. The summed E-state index contributed by atoms with van der Waals surface area (Å²) in [5, 5.41) is 0. The molecule has 2 aromatic rings. The van der Waals surface area contributed by atoms with Crippen molar-refractivity contribution in [2.45, 2.75) is 96.0 Å². The predicted octanol–water partition coefficient (Wildman–Crippen LogP) is 3.65. The van der Waals surface area contributed by atoms with E-state index in [1.807, 2.05) is 0 Å². The number of nitrogen functional groups attached to an aromatic ring is 1. The maximum atomic E-state index is 12.4. The molecule has 0 bridgehead atoms. The van der Waals surface area contributed by atoms with Crippen LogP contribution in [-0.4, -0.2) is 68.0 Å². The van der Waals surface area contributed by atoms with Crippen LogP contribution in [0.1, 0.15) is 61.6 Å². The molecular formula is C23H39N5O6Si2. The van der Waals surface area contributed by atoms with E-state index in [4.69, 9.17) is 23.4 Å². The van der Waals surface area contributed by atoms with E-state index in [0.29, 0.717) is 17.5 Å². The molecule has 1 aliphatic heterocycles. The zero-order chi connectivity index (χ0) is 26.8. The third-order valence-electron chi connectivity index (χ3n) is 6.92. The topological polar surface area (TPSA) is 141 Å². The van der Waals surface area contributed by atoms with Gasteiger partial charge in [-0.3, -0.25) is 9.36 Å². The first-order valence-electron chi connectivity index (χ1n) is 12.4. The Bertz CT molecular complexity index is 1050. The van der Waals surface area contributed by atoms with Crippen LogP contribution in [0, 0.1) is 0 Å². The Morgan fingerprint density at radius 2 is 1.61 bits per heavy atom. The molecule has 36 heavy (non-hydrogen) atoms. The average Bonchev–Trinajstić information content (AvgIpc) is 3.24. The molecule has 2 N–H and O–H groups in total. The lowest BCUT2D eigenvalue weighted by Crippen LogP contribution is -2.66. The lowest BCUT2D eigenvalue weighted by Gasteiger charge is -2.51. The number of carbonyl (C=O) groups excluding carboxylic acids is 2. The number of ether oxygens (including phenoxy) is 1. The zero-order valence-electron chi connectivity index (χ0n) is 22.4. The highest BCUT2D eigenvalue weighted by molar-refractivity contribution is 6.84. The van der Waals surface area contributed by atoms with Gasteiger partial charge in [0.2, 0.25) is 0 Å². The largest absolute Gasteiger partial charge is 0.414 e. The van der Waals surface area contributed by atoms with Gasteiger partial charge < -0.3 is 28.2 Å². The fourth-order valence-corrected chi connectivity index (χ4v) is 16.1. The van der Waals surface area contributed by atoms with Gasteiger partial charge in [0.05, 0.1) is 12.9 Å². The van der Waals surface area contributed by atoms with Crippen LogP contribution in [0.5, 0.6) is 0 Å². The fourth-order valence-electron chi connectivity index (χ4n) is 4.94. The summed E-state index contributed by atoms with van der Waals surface area (Å²) in [5.74, 6) is 0.193. The van der Waals surface area contributed by atoms with Crippen molar-refractivity contribution in [2.75, 3.05) is 12.3 Å². The summed E-state index contributed by atoms with van der Waals surface area (Å²) in [7, 11) is -5.85. The lowest BCUT2D eigenvalue weighted by atomic mass is 10.2. The van der Waals surface area contributed by atoms with Gasteiger partial charge in [0.1, 0.15) is 30.3 Å². The molecule has 0 aliphatic carbocycles. The van der Waals surface area contributed by atoms with Crippen molar-refractivity contribution in [1.82, 2.24) is 19.5 Å². The maximum absolute atomic E-state index is 12.4. The van der Waals surface area contributed by atoms with Gasteiger partial charge in [-0.05, 0) is 22.2 Å². The Hall–Kier alpha value is -2.04. The second kappa shape index (κ2) is 11.1. The number of hydrogen-bond acceptors (Lipinski definition) is 10. The standard InChI is InChI=1S/C23H39N5O6Si2/c1-14(2)35(15(3)4)31-11-19(18(9-29)33-36(34-35,16(5)6)17(7)8)32-20(10-30)28-13-27-21-22(24)25-12-26-23(21)28/h9-10,12-20H,11H2,1-8H3,(H2,24,25,26)/t18-,19-,20-/m1/s1. The molecule has 1 fully saturated rings. The van der Waals surface area contributed by atoms with Crippen LogP contribution < -0.4 is 5.73 Å². The highest BCUT2D eigenvalue weighted by Gasteiger charge is 2.59. The first-order valence-corrected chi connectivity index (χ1v) is 16.4. The van der Waals surface area contributed by atoms with Crippen molar-refractivity contribution in [3.05, 3.63) is 12.7 Å². The van der Waals surface area contributed by atoms with Gasteiger partial charge >= 0.3 is 17.1 Å². The normalized spacial score (nSPS) is 23.2. The minimum atomic E-state index is -3.00. The van der Waals surface area contributed by atoms with E-state index in [9.17, 15) is 9.59 Å². The number of imidazole rings is 1. The molecule has 0 radical (unpaired) electrons. The molecule has 1 saturated heterocycles. The molecule has 11 nitrogen and oxygen atoms in total. The molecule has 13 heteroatoms. The van der Waals surface area contributed by atoms with Crippen LogP contribution in [0.4, 0.5) is 5.82 Å². The van der Waals surface area contributed by atoms with Crippen molar-refractivity contribution in [3.8, 4) is 0 Å². The van der Waals surface area contributed by atoms with Gasteiger partial charge in [0, 0.05) is 0 Å². The third-order valence-corrected chi connectivity index (χ3v) is 17.2. The Morgan fingerprint density at radius 3 is 2.14 bits per heavy atom. The van der Waals surface area contributed by atoms with Crippen molar-refractivity contribution < 1.29 is 27.3 Å². The number of hydrogen-bond donors (Lipinski definition) is 1.